The molecule has 1 saturated heterocycles. The Morgan fingerprint density at radius 2 is 2.12 bits per heavy atom. The van der Waals surface area contributed by atoms with E-state index in [-0.39, 0.29) is 34.3 Å². The summed E-state index contributed by atoms with van der Waals surface area (Å²) in [6.07, 6.45) is 9.51. The van der Waals surface area contributed by atoms with Crippen molar-refractivity contribution in [1.82, 2.24) is 4.57 Å². The molecule has 1 aromatic carbocycles. The van der Waals surface area contributed by atoms with Crippen molar-refractivity contribution in [2.75, 3.05) is 18.0 Å². The number of aromatic nitrogens is 1. The van der Waals surface area contributed by atoms with Crippen LogP contribution in [0.5, 0.6) is 0 Å². The number of fused-ring (bicyclic) bond motifs is 1. The molecule has 1 saturated carbocycles. The van der Waals surface area contributed by atoms with Gasteiger partial charge >= 0.3 is 5.97 Å². The quantitative estimate of drug-likeness (QED) is 0.818. The molecule has 4 rings (SSSR count). The highest BCUT2D eigenvalue weighted by atomic mass is 19.1. The molecule has 134 valence electrons. The van der Waals surface area contributed by atoms with Crippen LogP contribution in [0.25, 0.3) is 10.9 Å². The molecule has 3 N–H and O–H groups in total. The number of terminal acetylenes is 1. The van der Waals surface area contributed by atoms with Gasteiger partial charge in [0.05, 0.1) is 22.2 Å². The average Bonchev–Trinajstić information content (AvgIpc) is 3.35. The number of rotatable bonds is 3. The predicted molar refractivity (Wildman–Crippen MR) is 96.1 cm³/mol. The lowest BCUT2D eigenvalue weighted by Crippen LogP contribution is -2.28. The van der Waals surface area contributed by atoms with Gasteiger partial charge in [-0.2, -0.15) is 0 Å². The zero-order valence-electron chi connectivity index (χ0n) is 14.0. The highest BCUT2D eigenvalue weighted by Crippen LogP contribution is 2.40. The number of hydrogen-bond acceptors (Lipinski definition) is 4. The van der Waals surface area contributed by atoms with Gasteiger partial charge in [-0.05, 0) is 25.3 Å². The number of aromatic carboxylic acids is 1. The number of nitrogens with zero attached hydrogens (tertiary/aromatic N) is 2. The molecule has 0 amide bonds. The third-order valence-electron chi connectivity index (χ3n) is 5.10. The van der Waals surface area contributed by atoms with E-state index in [2.05, 4.69) is 5.92 Å². The molecule has 0 radical (unpaired) electrons. The number of carboxylic acids is 1. The van der Waals surface area contributed by atoms with Gasteiger partial charge in [0, 0.05) is 31.4 Å². The van der Waals surface area contributed by atoms with E-state index in [1.807, 2.05) is 0 Å². The lowest BCUT2D eigenvalue weighted by Gasteiger charge is -2.23. The smallest absolute Gasteiger partial charge is 0.341 e. The second kappa shape index (κ2) is 5.85. The summed E-state index contributed by atoms with van der Waals surface area (Å²) in [5.74, 6) is 0.587. The van der Waals surface area contributed by atoms with Gasteiger partial charge in [0.1, 0.15) is 11.4 Å². The van der Waals surface area contributed by atoms with E-state index in [1.165, 1.54) is 6.20 Å². The van der Waals surface area contributed by atoms with Crippen LogP contribution in [0.2, 0.25) is 0 Å². The maximum atomic E-state index is 14.9. The van der Waals surface area contributed by atoms with Gasteiger partial charge in [0.25, 0.3) is 0 Å². The Morgan fingerprint density at radius 3 is 2.65 bits per heavy atom. The van der Waals surface area contributed by atoms with Crippen molar-refractivity contribution in [3.05, 3.63) is 39.4 Å². The molecule has 1 unspecified atom stereocenters. The summed E-state index contributed by atoms with van der Waals surface area (Å²) < 4.78 is 16.7. The monoisotopic (exact) mass is 355 g/mol. The summed E-state index contributed by atoms with van der Waals surface area (Å²) >= 11 is 0. The van der Waals surface area contributed by atoms with Crippen molar-refractivity contribution in [3.8, 4) is 12.3 Å². The number of halogens is 1. The first-order chi connectivity index (χ1) is 12.4. The molecule has 6 nitrogen and oxygen atoms in total. The van der Waals surface area contributed by atoms with Crippen LogP contribution in [-0.4, -0.2) is 34.8 Å². The van der Waals surface area contributed by atoms with Gasteiger partial charge in [-0.1, -0.05) is 5.92 Å². The minimum Gasteiger partial charge on any atom is -0.477 e. The molecule has 26 heavy (non-hydrogen) atoms. The topological polar surface area (TPSA) is 88.6 Å². The van der Waals surface area contributed by atoms with E-state index >= 15 is 0 Å². The summed E-state index contributed by atoms with van der Waals surface area (Å²) in [5, 5.41) is 9.34. The van der Waals surface area contributed by atoms with E-state index in [9.17, 15) is 19.1 Å². The van der Waals surface area contributed by atoms with Gasteiger partial charge in [-0.3, -0.25) is 4.79 Å². The Hall–Kier alpha value is -2.85. The van der Waals surface area contributed by atoms with Gasteiger partial charge in [0.2, 0.25) is 5.43 Å². The summed E-state index contributed by atoms with van der Waals surface area (Å²) in [6.45, 7) is 1.07. The third-order valence-corrected chi connectivity index (χ3v) is 5.10. The minimum absolute atomic E-state index is 0.00879. The number of benzene rings is 1. The van der Waals surface area contributed by atoms with Crippen molar-refractivity contribution in [1.29, 1.82) is 0 Å². The van der Waals surface area contributed by atoms with Gasteiger partial charge in [0.15, 0.2) is 0 Å². The second-order valence-corrected chi connectivity index (χ2v) is 6.93. The SMILES string of the molecule is C#Cc1c(N2CCC(N)C2)c(F)cc2c(=O)c(C(=O)O)cn(C3CC3)c12. The van der Waals surface area contributed by atoms with E-state index in [4.69, 9.17) is 12.2 Å². The molecule has 2 aromatic rings. The van der Waals surface area contributed by atoms with Crippen LogP contribution in [0.4, 0.5) is 10.1 Å². The molecule has 1 aliphatic carbocycles. The Balaban J connectivity index is 2.08. The van der Waals surface area contributed by atoms with E-state index < -0.39 is 17.2 Å². The maximum absolute atomic E-state index is 14.9. The fourth-order valence-electron chi connectivity index (χ4n) is 3.71. The lowest BCUT2D eigenvalue weighted by molar-refractivity contribution is 0.0695. The van der Waals surface area contributed by atoms with Gasteiger partial charge in [-0.15, -0.1) is 6.42 Å². The highest BCUT2D eigenvalue weighted by molar-refractivity contribution is 5.96. The summed E-state index contributed by atoms with van der Waals surface area (Å²) in [4.78, 5) is 25.9. The van der Waals surface area contributed by atoms with Crippen LogP contribution >= 0.6 is 0 Å². The summed E-state index contributed by atoms with van der Waals surface area (Å²) in [6, 6.07) is 1.13. The number of nitrogens with two attached hydrogens (primary N) is 1. The molecule has 1 atom stereocenters. The Morgan fingerprint density at radius 1 is 1.38 bits per heavy atom. The van der Waals surface area contributed by atoms with Crippen LogP contribution in [0.15, 0.2) is 17.1 Å². The molecule has 7 heteroatoms. The number of anilines is 1. The van der Waals surface area contributed by atoms with Crippen molar-refractivity contribution >= 4 is 22.6 Å². The van der Waals surface area contributed by atoms with Crippen LogP contribution in [-0.2, 0) is 0 Å². The van der Waals surface area contributed by atoms with Crippen LogP contribution in [0.1, 0.15) is 41.2 Å². The maximum Gasteiger partial charge on any atom is 0.341 e. The normalized spacial score (nSPS) is 19.7. The Bertz CT molecular complexity index is 1030. The Kier molecular flexibility index (Phi) is 3.74. The molecular formula is C19H18FN3O3. The van der Waals surface area contributed by atoms with Crippen molar-refractivity contribution in [2.24, 2.45) is 5.73 Å². The molecule has 1 aromatic heterocycles. The van der Waals surface area contributed by atoms with E-state index in [0.29, 0.717) is 18.6 Å². The average molecular weight is 355 g/mol. The number of pyridine rings is 1. The molecule has 1 aliphatic heterocycles. The molecule has 2 aliphatic rings. The van der Waals surface area contributed by atoms with Gasteiger partial charge in [-0.25, -0.2) is 9.18 Å². The molecule has 0 spiro atoms. The van der Waals surface area contributed by atoms with Crippen molar-refractivity contribution < 1.29 is 14.3 Å². The first kappa shape index (κ1) is 16.6. The highest BCUT2D eigenvalue weighted by Gasteiger charge is 2.31. The lowest BCUT2D eigenvalue weighted by atomic mass is 10.0. The minimum atomic E-state index is -1.33. The number of carboxylic acid groups (broad SMARTS) is 1. The number of hydrogen-bond donors (Lipinski definition) is 2. The first-order valence-electron chi connectivity index (χ1n) is 8.54. The second-order valence-electron chi connectivity index (χ2n) is 6.93. The zero-order valence-corrected chi connectivity index (χ0v) is 14.0. The van der Waals surface area contributed by atoms with Crippen molar-refractivity contribution in [3.63, 3.8) is 0 Å². The van der Waals surface area contributed by atoms with Crippen LogP contribution in [0, 0.1) is 18.2 Å². The molecule has 2 heterocycles. The number of carbonyl (C=O) groups is 1. The first-order valence-corrected chi connectivity index (χ1v) is 8.54. The standard InChI is InChI=1S/C19H18FN3O3/c1-2-12-16-13(7-15(20)17(12)22-6-5-10(21)8-22)18(24)14(19(25)26)9-23(16)11-3-4-11/h1,7,9-11H,3-6,8,21H2,(H,25,26). The third kappa shape index (κ3) is 2.45. The predicted octanol–water partition coefficient (Wildman–Crippen LogP) is 1.69. The zero-order chi connectivity index (χ0) is 18.6. The van der Waals surface area contributed by atoms with E-state index in [0.717, 1.165) is 25.3 Å². The molecular weight excluding hydrogens is 337 g/mol. The summed E-state index contributed by atoms with van der Waals surface area (Å²) in [7, 11) is 0. The largest absolute Gasteiger partial charge is 0.477 e. The fourth-order valence-corrected chi connectivity index (χ4v) is 3.71. The molecule has 0 bridgehead atoms. The summed E-state index contributed by atoms with van der Waals surface area (Å²) in [5.41, 5.74) is 5.84. The Labute approximate surface area is 149 Å². The fraction of sp³-hybridized carbons (Fsp3) is 0.368. The van der Waals surface area contributed by atoms with E-state index in [1.54, 1.807) is 9.47 Å². The van der Waals surface area contributed by atoms with Crippen LogP contribution in [0.3, 0.4) is 0 Å². The van der Waals surface area contributed by atoms with Crippen molar-refractivity contribution in [2.45, 2.75) is 31.3 Å². The molecule has 2 fully saturated rings. The van der Waals surface area contributed by atoms with Crippen LogP contribution < -0.4 is 16.1 Å². The van der Waals surface area contributed by atoms with Gasteiger partial charge < -0.3 is 20.3 Å².